The molecule has 2 rings (SSSR count). The minimum absolute atomic E-state index is 0.352. The van der Waals surface area contributed by atoms with Crippen molar-refractivity contribution < 1.29 is 19.3 Å². The number of hydrogen-bond donors (Lipinski definition) is 1. The molecule has 124 valence electrons. The molecule has 0 aromatic heterocycles. The average molecular weight is 309 g/mol. The number of β-amino-alcohol motifs (C(OH)–C–C–N with tert-alkyl or cyclic N) is 1. The molecule has 1 aliphatic rings. The highest BCUT2D eigenvalue weighted by atomic mass is 16.5. The summed E-state index contributed by atoms with van der Waals surface area (Å²) >= 11 is 0. The van der Waals surface area contributed by atoms with Crippen LogP contribution in [0.5, 0.6) is 11.5 Å². The summed E-state index contributed by atoms with van der Waals surface area (Å²) in [6.45, 7) is 3.69. The number of likely N-dealkylation sites (tertiary alicyclic amines) is 1. The molecular formula is C17H27NO4. The fourth-order valence-electron chi connectivity index (χ4n) is 2.78. The number of piperidine rings is 1. The lowest BCUT2D eigenvalue weighted by Crippen LogP contribution is -2.38. The minimum atomic E-state index is -0.432. The lowest BCUT2D eigenvalue weighted by atomic mass is 10.1. The average Bonchev–Trinajstić information content (AvgIpc) is 2.55. The highest BCUT2D eigenvalue weighted by Crippen LogP contribution is 2.27. The fourth-order valence-corrected chi connectivity index (χ4v) is 2.78. The predicted molar refractivity (Wildman–Crippen MR) is 85.5 cm³/mol. The lowest BCUT2D eigenvalue weighted by molar-refractivity contribution is 0.00709. The molecule has 0 amide bonds. The number of hydrogen-bond acceptors (Lipinski definition) is 5. The van der Waals surface area contributed by atoms with E-state index in [1.54, 1.807) is 14.2 Å². The topological polar surface area (TPSA) is 51.2 Å². The molecule has 0 spiro atoms. The van der Waals surface area contributed by atoms with Gasteiger partial charge in [0.25, 0.3) is 0 Å². The van der Waals surface area contributed by atoms with E-state index >= 15 is 0 Å². The number of rotatable bonds is 8. The molecule has 1 aromatic rings. The van der Waals surface area contributed by atoms with E-state index in [0.717, 1.165) is 18.7 Å². The Hall–Kier alpha value is -1.30. The Bertz CT molecular complexity index is 446. The highest BCUT2D eigenvalue weighted by Gasteiger charge is 2.14. The third kappa shape index (κ3) is 5.16. The van der Waals surface area contributed by atoms with Crippen LogP contribution in [0.15, 0.2) is 18.2 Å². The van der Waals surface area contributed by atoms with E-state index in [1.165, 1.54) is 19.3 Å². The van der Waals surface area contributed by atoms with Gasteiger partial charge in [0.2, 0.25) is 0 Å². The van der Waals surface area contributed by atoms with Crippen LogP contribution in [-0.2, 0) is 11.3 Å². The number of aliphatic hydroxyl groups is 1. The third-order valence-corrected chi connectivity index (χ3v) is 3.94. The first kappa shape index (κ1) is 17.1. The third-order valence-electron chi connectivity index (χ3n) is 3.94. The van der Waals surface area contributed by atoms with Gasteiger partial charge < -0.3 is 24.2 Å². The van der Waals surface area contributed by atoms with Crippen LogP contribution in [0.4, 0.5) is 0 Å². The van der Waals surface area contributed by atoms with Crippen molar-refractivity contribution in [3.05, 3.63) is 23.8 Å². The van der Waals surface area contributed by atoms with Gasteiger partial charge in [-0.25, -0.2) is 0 Å². The van der Waals surface area contributed by atoms with Gasteiger partial charge in [0, 0.05) is 6.54 Å². The van der Waals surface area contributed by atoms with Crippen molar-refractivity contribution in [2.75, 3.05) is 40.5 Å². The van der Waals surface area contributed by atoms with Gasteiger partial charge in [-0.2, -0.15) is 0 Å². The number of methoxy groups -OCH3 is 2. The van der Waals surface area contributed by atoms with Crippen LogP contribution in [0.2, 0.25) is 0 Å². The molecule has 1 aliphatic heterocycles. The first-order valence-electron chi connectivity index (χ1n) is 7.92. The Kier molecular flexibility index (Phi) is 6.96. The van der Waals surface area contributed by atoms with Gasteiger partial charge in [-0.15, -0.1) is 0 Å². The number of aliphatic hydroxyl groups excluding tert-OH is 1. The molecule has 1 fully saturated rings. The summed E-state index contributed by atoms with van der Waals surface area (Å²) in [5, 5.41) is 10.1. The summed E-state index contributed by atoms with van der Waals surface area (Å²) in [6.07, 6.45) is 3.35. The maximum Gasteiger partial charge on any atom is 0.161 e. The molecule has 0 radical (unpaired) electrons. The monoisotopic (exact) mass is 309 g/mol. The fraction of sp³-hybridized carbons (Fsp3) is 0.647. The molecule has 0 bridgehead atoms. The van der Waals surface area contributed by atoms with Gasteiger partial charge in [0.05, 0.1) is 33.5 Å². The number of nitrogens with zero attached hydrogens (tertiary/aromatic N) is 1. The zero-order valence-corrected chi connectivity index (χ0v) is 13.6. The molecule has 1 saturated heterocycles. The molecule has 5 heteroatoms. The van der Waals surface area contributed by atoms with Crippen LogP contribution >= 0.6 is 0 Å². The normalized spacial score (nSPS) is 17.2. The molecule has 0 saturated carbocycles. The largest absolute Gasteiger partial charge is 0.493 e. The molecule has 22 heavy (non-hydrogen) atoms. The highest BCUT2D eigenvalue weighted by molar-refractivity contribution is 5.42. The standard InChI is InChI=1S/C17H27NO4/c1-20-16-7-6-14(10-17(16)21-2)12-22-13-15(19)11-18-8-4-3-5-9-18/h6-7,10,15,19H,3-5,8-9,11-13H2,1-2H3/t15-/m0/s1. The Balaban J connectivity index is 1.73. The maximum atomic E-state index is 10.1. The molecule has 0 unspecified atom stereocenters. The van der Waals surface area contributed by atoms with Crippen LogP contribution in [0.1, 0.15) is 24.8 Å². The van der Waals surface area contributed by atoms with E-state index in [4.69, 9.17) is 14.2 Å². The Labute approximate surface area is 132 Å². The van der Waals surface area contributed by atoms with E-state index in [0.29, 0.717) is 31.3 Å². The summed E-state index contributed by atoms with van der Waals surface area (Å²) in [6, 6.07) is 5.70. The Morgan fingerprint density at radius 2 is 1.82 bits per heavy atom. The van der Waals surface area contributed by atoms with E-state index in [1.807, 2.05) is 18.2 Å². The van der Waals surface area contributed by atoms with Crippen molar-refractivity contribution >= 4 is 0 Å². The first-order chi connectivity index (χ1) is 10.7. The molecule has 1 N–H and O–H groups in total. The smallest absolute Gasteiger partial charge is 0.161 e. The zero-order valence-electron chi connectivity index (χ0n) is 13.6. The summed E-state index contributed by atoms with van der Waals surface area (Å²) in [7, 11) is 3.23. The van der Waals surface area contributed by atoms with E-state index in [-0.39, 0.29) is 0 Å². The predicted octanol–water partition coefficient (Wildman–Crippen LogP) is 2.07. The van der Waals surface area contributed by atoms with Crippen molar-refractivity contribution in [1.29, 1.82) is 0 Å². The number of benzene rings is 1. The summed E-state index contributed by atoms with van der Waals surface area (Å²) in [5.41, 5.74) is 1.00. The molecule has 1 atom stereocenters. The second kappa shape index (κ2) is 8.98. The molecule has 1 aromatic carbocycles. The van der Waals surface area contributed by atoms with E-state index in [9.17, 15) is 5.11 Å². The van der Waals surface area contributed by atoms with Crippen LogP contribution in [-0.4, -0.2) is 56.6 Å². The van der Waals surface area contributed by atoms with Gasteiger partial charge >= 0.3 is 0 Å². The summed E-state index contributed by atoms with van der Waals surface area (Å²) in [5.74, 6) is 1.40. The maximum absolute atomic E-state index is 10.1. The van der Waals surface area contributed by atoms with Crippen LogP contribution < -0.4 is 9.47 Å². The minimum Gasteiger partial charge on any atom is -0.493 e. The Morgan fingerprint density at radius 1 is 1.09 bits per heavy atom. The SMILES string of the molecule is COc1ccc(COC[C@@H](O)CN2CCCCC2)cc1OC. The van der Waals surface area contributed by atoms with Gasteiger partial charge in [-0.05, 0) is 43.6 Å². The van der Waals surface area contributed by atoms with Crippen molar-refractivity contribution in [2.45, 2.75) is 32.0 Å². The van der Waals surface area contributed by atoms with Crippen molar-refractivity contribution in [1.82, 2.24) is 4.90 Å². The van der Waals surface area contributed by atoms with Crippen molar-refractivity contribution in [2.24, 2.45) is 0 Å². The van der Waals surface area contributed by atoms with Gasteiger partial charge in [0.1, 0.15) is 0 Å². The van der Waals surface area contributed by atoms with Crippen molar-refractivity contribution in [3.63, 3.8) is 0 Å². The number of ether oxygens (including phenoxy) is 3. The molecular weight excluding hydrogens is 282 g/mol. The van der Waals surface area contributed by atoms with Crippen LogP contribution in [0, 0.1) is 0 Å². The second-order valence-electron chi connectivity index (χ2n) is 5.72. The van der Waals surface area contributed by atoms with Gasteiger partial charge in [-0.1, -0.05) is 12.5 Å². The van der Waals surface area contributed by atoms with Crippen LogP contribution in [0.3, 0.4) is 0 Å². The van der Waals surface area contributed by atoms with Gasteiger partial charge in [-0.3, -0.25) is 0 Å². The van der Waals surface area contributed by atoms with E-state index < -0.39 is 6.10 Å². The lowest BCUT2D eigenvalue weighted by Gasteiger charge is -2.28. The summed E-state index contributed by atoms with van der Waals surface area (Å²) in [4.78, 5) is 2.31. The van der Waals surface area contributed by atoms with Crippen LogP contribution in [0.25, 0.3) is 0 Å². The first-order valence-corrected chi connectivity index (χ1v) is 7.92. The second-order valence-corrected chi connectivity index (χ2v) is 5.72. The van der Waals surface area contributed by atoms with Gasteiger partial charge in [0.15, 0.2) is 11.5 Å². The summed E-state index contributed by atoms with van der Waals surface area (Å²) < 4.78 is 16.1. The zero-order chi connectivity index (χ0) is 15.8. The molecule has 5 nitrogen and oxygen atoms in total. The molecule has 1 heterocycles. The van der Waals surface area contributed by atoms with Crippen molar-refractivity contribution in [3.8, 4) is 11.5 Å². The quantitative estimate of drug-likeness (QED) is 0.796. The molecule has 0 aliphatic carbocycles. The Morgan fingerprint density at radius 3 is 2.50 bits per heavy atom. The van der Waals surface area contributed by atoms with E-state index in [2.05, 4.69) is 4.90 Å².